The van der Waals surface area contributed by atoms with E-state index in [9.17, 15) is 8.42 Å². The quantitative estimate of drug-likeness (QED) is 0.844. The summed E-state index contributed by atoms with van der Waals surface area (Å²) in [6.07, 6.45) is 1.16. The second kappa shape index (κ2) is 5.37. The van der Waals surface area contributed by atoms with E-state index in [-0.39, 0.29) is 5.75 Å². The van der Waals surface area contributed by atoms with E-state index in [0.29, 0.717) is 17.1 Å². The van der Waals surface area contributed by atoms with Gasteiger partial charge in [-0.05, 0) is 17.7 Å². The van der Waals surface area contributed by atoms with Crippen molar-refractivity contribution in [1.82, 2.24) is 0 Å². The lowest BCUT2D eigenvalue weighted by molar-refractivity contribution is 0.393. The maximum atomic E-state index is 11.2. The topological polar surface area (TPSA) is 78.6 Å². The minimum atomic E-state index is -3.12. The molecule has 0 aliphatic rings. The number of hydrogen-bond donors (Lipinski definition) is 1. The normalized spacial score (nSPS) is 13.2. The van der Waals surface area contributed by atoms with Gasteiger partial charge in [-0.2, -0.15) is 0 Å². The van der Waals surface area contributed by atoms with Gasteiger partial charge in [-0.25, -0.2) is 8.42 Å². The zero-order valence-corrected chi connectivity index (χ0v) is 11.0. The molecule has 0 radical (unpaired) electrons. The highest BCUT2D eigenvalue weighted by Gasteiger charge is 2.15. The molecular formula is C11H17NO4S. The first kappa shape index (κ1) is 13.8. The van der Waals surface area contributed by atoms with Gasteiger partial charge in [0.25, 0.3) is 0 Å². The first-order valence-electron chi connectivity index (χ1n) is 5.02. The second-order valence-electron chi connectivity index (χ2n) is 3.84. The van der Waals surface area contributed by atoms with Crippen molar-refractivity contribution < 1.29 is 17.9 Å². The predicted octanol–water partition coefficient (Wildman–Crippen LogP) is 0.748. The Kier molecular flexibility index (Phi) is 4.36. The van der Waals surface area contributed by atoms with E-state index in [2.05, 4.69) is 0 Å². The molecule has 0 amide bonds. The minimum absolute atomic E-state index is 0.108. The highest BCUT2D eigenvalue weighted by Crippen LogP contribution is 2.26. The smallest absolute Gasteiger partial charge is 0.149 e. The van der Waals surface area contributed by atoms with Crippen molar-refractivity contribution in [3.05, 3.63) is 23.8 Å². The van der Waals surface area contributed by atoms with Crippen molar-refractivity contribution in [1.29, 1.82) is 0 Å². The number of benzene rings is 1. The summed E-state index contributed by atoms with van der Waals surface area (Å²) >= 11 is 0. The maximum Gasteiger partial charge on any atom is 0.149 e. The lowest BCUT2D eigenvalue weighted by Gasteiger charge is -2.13. The minimum Gasteiger partial charge on any atom is -0.497 e. The standard InChI is InChI=1S/C11H17NO4S/c1-15-9-4-8(5-10(6-9)16-2)11(12)7-17(3,13)14/h4-6,11H,7,12H2,1-3H3. The third kappa shape index (κ3) is 4.24. The maximum absolute atomic E-state index is 11.2. The lowest BCUT2D eigenvalue weighted by atomic mass is 10.1. The number of hydrogen-bond acceptors (Lipinski definition) is 5. The van der Waals surface area contributed by atoms with Crippen LogP contribution in [0.5, 0.6) is 11.5 Å². The van der Waals surface area contributed by atoms with Crippen LogP contribution in [0.25, 0.3) is 0 Å². The fraction of sp³-hybridized carbons (Fsp3) is 0.455. The average molecular weight is 259 g/mol. The van der Waals surface area contributed by atoms with Crippen molar-refractivity contribution in [2.75, 3.05) is 26.2 Å². The Morgan fingerprint density at radius 3 is 2.00 bits per heavy atom. The van der Waals surface area contributed by atoms with Crippen LogP contribution in [-0.4, -0.2) is 34.6 Å². The van der Waals surface area contributed by atoms with Crippen LogP contribution in [0.2, 0.25) is 0 Å². The van der Waals surface area contributed by atoms with E-state index in [0.717, 1.165) is 6.26 Å². The molecule has 2 N–H and O–H groups in total. The van der Waals surface area contributed by atoms with Crippen LogP contribution in [-0.2, 0) is 9.84 Å². The first-order valence-corrected chi connectivity index (χ1v) is 7.08. The zero-order chi connectivity index (χ0) is 13.1. The molecule has 0 saturated heterocycles. The Labute approximate surface area is 101 Å². The Hall–Kier alpha value is -1.27. The Morgan fingerprint density at radius 1 is 1.18 bits per heavy atom. The molecule has 5 nitrogen and oxygen atoms in total. The molecule has 1 aromatic rings. The van der Waals surface area contributed by atoms with Gasteiger partial charge in [-0.3, -0.25) is 0 Å². The van der Waals surface area contributed by atoms with Crippen LogP contribution >= 0.6 is 0 Å². The third-order valence-corrected chi connectivity index (χ3v) is 3.25. The molecule has 1 atom stereocenters. The molecule has 1 rings (SSSR count). The van der Waals surface area contributed by atoms with Gasteiger partial charge in [0.2, 0.25) is 0 Å². The molecule has 0 aliphatic carbocycles. The van der Waals surface area contributed by atoms with Crippen molar-refractivity contribution in [2.45, 2.75) is 6.04 Å². The zero-order valence-electron chi connectivity index (χ0n) is 10.1. The van der Waals surface area contributed by atoms with Crippen molar-refractivity contribution in [3.8, 4) is 11.5 Å². The molecule has 0 aromatic heterocycles. The molecule has 6 heteroatoms. The molecule has 0 saturated carbocycles. The van der Waals surface area contributed by atoms with E-state index < -0.39 is 15.9 Å². The van der Waals surface area contributed by atoms with Crippen LogP contribution < -0.4 is 15.2 Å². The molecule has 0 fully saturated rings. The summed E-state index contributed by atoms with van der Waals surface area (Å²) in [5.74, 6) is 1.06. The summed E-state index contributed by atoms with van der Waals surface area (Å²) in [6.45, 7) is 0. The van der Waals surface area contributed by atoms with Gasteiger partial charge in [-0.15, -0.1) is 0 Å². The number of nitrogens with two attached hydrogens (primary N) is 1. The fourth-order valence-corrected chi connectivity index (χ4v) is 2.31. The molecule has 0 heterocycles. The van der Waals surface area contributed by atoms with Crippen LogP contribution in [0.4, 0.5) is 0 Å². The molecule has 0 bridgehead atoms. The Bertz CT molecular complexity index is 462. The van der Waals surface area contributed by atoms with E-state index in [1.54, 1.807) is 18.2 Å². The Morgan fingerprint density at radius 2 is 1.65 bits per heavy atom. The SMILES string of the molecule is COc1cc(OC)cc(C(N)CS(C)(=O)=O)c1. The summed E-state index contributed by atoms with van der Waals surface area (Å²) in [5, 5.41) is 0. The van der Waals surface area contributed by atoms with Crippen molar-refractivity contribution >= 4 is 9.84 Å². The number of methoxy groups -OCH3 is 2. The van der Waals surface area contributed by atoms with E-state index >= 15 is 0 Å². The molecule has 0 aliphatic heterocycles. The summed E-state index contributed by atoms with van der Waals surface area (Å²) < 4.78 is 32.5. The van der Waals surface area contributed by atoms with Gasteiger partial charge in [0.05, 0.1) is 20.0 Å². The molecule has 1 aromatic carbocycles. The number of sulfone groups is 1. The number of rotatable bonds is 5. The molecular weight excluding hydrogens is 242 g/mol. The number of ether oxygens (including phenoxy) is 2. The molecule has 96 valence electrons. The van der Waals surface area contributed by atoms with Crippen LogP contribution in [0.3, 0.4) is 0 Å². The molecule has 17 heavy (non-hydrogen) atoms. The van der Waals surface area contributed by atoms with Gasteiger partial charge in [-0.1, -0.05) is 0 Å². The van der Waals surface area contributed by atoms with E-state index in [1.165, 1.54) is 14.2 Å². The van der Waals surface area contributed by atoms with Gasteiger partial charge >= 0.3 is 0 Å². The summed E-state index contributed by atoms with van der Waals surface area (Å²) in [4.78, 5) is 0. The lowest BCUT2D eigenvalue weighted by Crippen LogP contribution is -2.20. The van der Waals surface area contributed by atoms with Crippen LogP contribution in [0.15, 0.2) is 18.2 Å². The summed E-state index contributed by atoms with van der Waals surface area (Å²) in [5.41, 5.74) is 6.51. The fourth-order valence-electron chi connectivity index (χ4n) is 1.47. The third-order valence-electron chi connectivity index (χ3n) is 2.28. The monoisotopic (exact) mass is 259 g/mol. The molecule has 0 spiro atoms. The first-order chi connectivity index (χ1) is 7.85. The van der Waals surface area contributed by atoms with Gasteiger partial charge in [0.1, 0.15) is 21.3 Å². The van der Waals surface area contributed by atoms with Crippen molar-refractivity contribution in [3.63, 3.8) is 0 Å². The van der Waals surface area contributed by atoms with E-state index in [1.807, 2.05) is 0 Å². The van der Waals surface area contributed by atoms with Crippen LogP contribution in [0, 0.1) is 0 Å². The highest BCUT2D eigenvalue weighted by atomic mass is 32.2. The predicted molar refractivity (Wildman–Crippen MR) is 66.2 cm³/mol. The summed E-state index contributed by atoms with van der Waals surface area (Å²) in [6, 6.07) is 4.53. The summed E-state index contributed by atoms with van der Waals surface area (Å²) in [7, 11) is -0.0605. The van der Waals surface area contributed by atoms with Crippen molar-refractivity contribution in [2.24, 2.45) is 5.73 Å². The second-order valence-corrected chi connectivity index (χ2v) is 6.03. The van der Waals surface area contributed by atoms with Gasteiger partial charge < -0.3 is 15.2 Å². The van der Waals surface area contributed by atoms with Gasteiger partial charge in [0.15, 0.2) is 0 Å². The van der Waals surface area contributed by atoms with E-state index in [4.69, 9.17) is 15.2 Å². The highest BCUT2D eigenvalue weighted by molar-refractivity contribution is 7.90. The molecule has 1 unspecified atom stereocenters. The average Bonchev–Trinajstić information content (AvgIpc) is 2.26. The largest absolute Gasteiger partial charge is 0.497 e. The van der Waals surface area contributed by atoms with Crippen LogP contribution in [0.1, 0.15) is 11.6 Å². The van der Waals surface area contributed by atoms with Gasteiger partial charge in [0, 0.05) is 18.4 Å². The Balaban J connectivity index is 3.04.